The first-order valence-electron chi connectivity index (χ1n) is 9.54. The number of hydrogen-bond donors (Lipinski definition) is 1. The van der Waals surface area contributed by atoms with Crippen LogP contribution in [0.15, 0.2) is 71.1 Å². The van der Waals surface area contributed by atoms with E-state index in [1.807, 2.05) is 23.1 Å². The van der Waals surface area contributed by atoms with Gasteiger partial charge in [0.1, 0.15) is 17.3 Å². The number of aryl methyl sites for hydroxylation is 1. The minimum atomic E-state index is -0.322. The number of furan rings is 1. The minimum Gasteiger partial charge on any atom is -0.461 e. The topological polar surface area (TPSA) is 59.5 Å². The van der Waals surface area contributed by atoms with Crippen LogP contribution >= 0.6 is 0 Å². The zero-order chi connectivity index (χ0) is 19.5. The van der Waals surface area contributed by atoms with Gasteiger partial charge in [0.2, 0.25) is 5.91 Å². The Bertz CT molecular complexity index is 954. The molecule has 5 heteroatoms. The van der Waals surface area contributed by atoms with Crippen molar-refractivity contribution in [2.24, 2.45) is 5.73 Å². The molecule has 144 valence electrons. The summed E-state index contributed by atoms with van der Waals surface area (Å²) in [4.78, 5) is 14.5. The first-order chi connectivity index (χ1) is 13.6. The first kappa shape index (κ1) is 18.4. The van der Waals surface area contributed by atoms with Crippen LogP contribution in [0, 0.1) is 5.82 Å². The highest BCUT2D eigenvalue weighted by molar-refractivity contribution is 5.77. The van der Waals surface area contributed by atoms with E-state index in [0.29, 0.717) is 43.0 Å². The van der Waals surface area contributed by atoms with Gasteiger partial charge in [0.25, 0.3) is 0 Å². The molecule has 4 nitrogen and oxygen atoms in total. The fourth-order valence-electron chi connectivity index (χ4n) is 3.79. The normalized spacial score (nSPS) is 19.1. The van der Waals surface area contributed by atoms with Gasteiger partial charge < -0.3 is 15.1 Å². The molecule has 3 aromatic rings. The van der Waals surface area contributed by atoms with Crippen LogP contribution in [0.2, 0.25) is 0 Å². The molecule has 0 bridgehead atoms. The van der Waals surface area contributed by atoms with Crippen LogP contribution in [0.5, 0.6) is 0 Å². The predicted octanol–water partition coefficient (Wildman–Crippen LogP) is 3.97. The molecule has 1 aliphatic heterocycles. The second kappa shape index (κ2) is 7.98. The minimum absolute atomic E-state index is 0.0531. The molecule has 0 spiro atoms. The van der Waals surface area contributed by atoms with Gasteiger partial charge >= 0.3 is 0 Å². The number of hydrogen-bond acceptors (Lipinski definition) is 3. The number of rotatable bonds is 5. The van der Waals surface area contributed by atoms with E-state index < -0.39 is 0 Å². The summed E-state index contributed by atoms with van der Waals surface area (Å²) in [6, 6.07) is 20.1. The van der Waals surface area contributed by atoms with Gasteiger partial charge in [-0.05, 0) is 29.8 Å². The zero-order valence-corrected chi connectivity index (χ0v) is 15.6. The fraction of sp³-hybridized carbons (Fsp3) is 0.261. The average molecular weight is 378 g/mol. The van der Waals surface area contributed by atoms with Gasteiger partial charge in [-0.1, -0.05) is 42.5 Å². The predicted molar refractivity (Wildman–Crippen MR) is 106 cm³/mol. The highest BCUT2D eigenvalue weighted by atomic mass is 19.1. The third kappa shape index (κ3) is 3.85. The van der Waals surface area contributed by atoms with Crippen molar-refractivity contribution in [2.75, 3.05) is 13.1 Å². The van der Waals surface area contributed by atoms with Crippen molar-refractivity contribution in [3.8, 4) is 11.3 Å². The molecule has 1 aromatic heterocycles. The zero-order valence-electron chi connectivity index (χ0n) is 15.6. The van der Waals surface area contributed by atoms with Crippen LogP contribution in [0.1, 0.15) is 23.7 Å². The third-order valence-corrected chi connectivity index (χ3v) is 5.33. The average Bonchev–Trinajstić information content (AvgIpc) is 3.34. The lowest BCUT2D eigenvalue weighted by Crippen LogP contribution is -2.32. The molecule has 0 radical (unpaired) electrons. The molecule has 1 aliphatic rings. The van der Waals surface area contributed by atoms with E-state index in [1.54, 1.807) is 30.3 Å². The number of nitrogens with zero attached hydrogens (tertiary/aromatic N) is 1. The molecule has 1 fully saturated rings. The van der Waals surface area contributed by atoms with E-state index in [1.165, 1.54) is 11.6 Å². The molecule has 0 aliphatic carbocycles. The lowest BCUT2D eigenvalue weighted by molar-refractivity contribution is -0.130. The van der Waals surface area contributed by atoms with E-state index in [4.69, 9.17) is 10.2 Å². The summed E-state index contributed by atoms with van der Waals surface area (Å²) in [5, 5.41) is 0. The van der Waals surface area contributed by atoms with E-state index >= 15 is 0 Å². The lowest BCUT2D eigenvalue weighted by atomic mass is 9.95. The number of likely N-dealkylation sites (tertiary alicyclic amines) is 1. The maximum absolute atomic E-state index is 13.9. The van der Waals surface area contributed by atoms with Crippen molar-refractivity contribution in [2.45, 2.75) is 24.8 Å². The maximum atomic E-state index is 13.9. The Kier molecular flexibility index (Phi) is 5.26. The third-order valence-electron chi connectivity index (χ3n) is 5.33. The Morgan fingerprint density at radius 2 is 1.79 bits per heavy atom. The van der Waals surface area contributed by atoms with Crippen molar-refractivity contribution in [1.82, 2.24) is 4.90 Å². The molecule has 2 aromatic carbocycles. The number of halogens is 1. The molecule has 0 unspecified atom stereocenters. The monoisotopic (exact) mass is 378 g/mol. The van der Waals surface area contributed by atoms with Gasteiger partial charge in [-0.15, -0.1) is 0 Å². The van der Waals surface area contributed by atoms with Crippen LogP contribution in [0.3, 0.4) is 0 Å². The molecular formula is C23H23FN2O2. The van der Waals surface area contributed by atoms with Crippen molar-refractivity contribution >= 4 is 5.91 Å². The van der Waals surface area contributed by atoms with Gasteiger partial charge in [0.15, 0.2) is 0 Å². The number of carbonyl (C=O) groups is 1. The number of carbonyl (C=O) groups excluding carboxylic acids is 1. The van der Waals surface area contributed by atoms with Crippen molar-refractivity contribution in [3.63, 3.8) is 0 Å². The van der Waals surface area contributed by atoms with E-state index in [9.17, 15) is 9.18 Å². The molecule has 2 heterocycles. The summed E-state index contributed by atoms with van der Waals surface area (Å²) in [6.45, 7) is 1.21. The van der Waals surface area contributed by atoms with Gasteiger partial charge in [-0.3, -0.25) is 4.79 Å². The van der Waals surface area contributed by atoms with Gasteiger partial charge in [0, 0.05) is 37.9 Å². The van der Waals surface area contributed by atoms with E-state index in [2.05, 4.69) is 12.1 Å². The molecule has 0 saturated carbocycles. The largest absolute Gasteiger partial charge is 0.461 e. The SMILES string of the molecule is N[C@@H]1CN(C(=O)CCc2ccc(-c3ccccc3F)o2)C[C@H]1c1ccccc1. The molecule has 1 amide bonds. The standard InChI is InChI=1S/C23H23FN2O2/c24-20-9-5-4-8-18(20)22-12-10-17(28-22)11-13-23(27)26-14-19(21(25)15-26)16-6-2-1-3-7-16/h1-10,12,19,21H,11,13-15,25H2/t19-,21+/m0/s1. The van der Waals surface area contributed by atoms with Crippen molar-refractivity contribution < 1.29 is 13.6 Å². The second-order valence-corrected chi connectivity index (χ2v) is 7.23. The number of benzene rings is 2. The molecule has 4 rings (SSSR count). The van der Waals surface area contributed by atoms with Gasteiger partial charge in [0.05, 0.1) is 5.56 Å². The van der Waals surface area contributed by atoms with Crippen LogP contribution in [-0.4, -0.2) is 29.9 Å². The second-order valence-electron chi connectivity index (χ2n) is 7.23. The summed E-state index contributed by atoms with van der Waals surface area (Å²) >= 11 is 0. The Morgan fingerprint density at radius 3 is 2.57 bits per heavy atom. The van der Waals surface area contributed by atoms with Crippen LogP contribution in [0.25, 0.3) is 11.3 Å². The van der Waals surface area contributed by atoms with Crippen molar-refractivity contribution in [1.29, 1.82) is 0 Å². The maximum Gasteiger partial charge on any atom is 0.223 e. The Hall–Kier alpha value is -2.92. The Labute approximate surface area is 163 Å². The molecule has 28 heavy (non-hydrogen) atoms. The summed E-state index contributed by atoms with van der Waals surface area (Å²) < 4.78 is 19.6. The molecular weight excluding hydrogens is 355 g/mol. The Morgan fingerprint density at radius 1 is 1.04 bits per heavy atom. The lowest BCUT2D eigenvalue weighted by Gasteiger charge is -2.16. The first-order valence-corrected chi connectivity index (χ1v) is 9.54. The quantitative estimate of drug-likeness (QED) is 0.731. The van der Waals surface area contributed by atoms with Crippen LogP contribution in [0.4, 0.5) is 4.39 Å². The van der Waals surface area contributed by atoms with Gasteiger partial charge in [-0.2, -0.15) is 0 Å². The van der Waals surface area contributed by atoms with Gasteiger partial charge in [-0.25, -0.2) is 4.39 Å². The molecule has 1 saturated heterocycles. The summed E-state index contributed by atoms with van der Waals surface area (Å²) in [6.07, 6.45) is 0.827. The molecule has 2 N–H and O–H groups in total. The highest BCUT2D eigenvalue weighted by Crippen LogP contribution is 2.28. The summed E-state index contributed by atoms with van der Waals surface area (Å²) in [7, 11) is 0. The Balaban J connectivity index is 1.36. The summed E-state index contributed by atoms with van der Waals surface area (Å²) in [5.74, 6) is 1.07. The van der Waals surface area contributed by atoms with Crippen molar-refractivity contribution in [3.05, 3.63) is 83.9 Å². The highest BCUT2D eigenvalue weighted by Gasteiger charge is 2.33. The van der Waals surface area contributed by atoms with E-state index in [-0.39, 0.29) is 23.7 Å². The smallest absolute Gasteiger partial charge is 0.223 e. The number of amides is 1. The van der Waals surface area contributed by atoms with Crippen LogP contribution < -0.4 is 5.73 Å². The van der Waals surface area contributed by atoms with Crippen LogP contribution in [-0.2, 0) is 11.2 Å². The number of nitrogens with two attached hydrogens (primary N) is 1. The summed E-state index contributed by atoms with van der Waals surface area (Å²) in [5.41, 5.74) is 7.88. The molecule has 2 atom stereocenters. The van der Waals surface area contributed by atoms with E-state index in [0.717, 1.165) is 0 Å². The fourth-order valence-corrected chi connectivity index (χ4v) is 3.79.